The van der Waals surface area contributed by atoms with Gasteiger partial charge in [-0.15, -0.1) is 0 Å². The van der Waals surface area contributed by atoms with Crippen LogP contribution >= 0.6 is 0 Å². The summed E-state index contributed by atoms with van der Waals surface area (Å²) in [6, 6.07) is 15.7. The van der Waals surface area contributed by atoms with E-state index in [0.29, 0.717) is 0 Å². The smallest absolute Gasteiger partial charge is 0.258 e. The average Bonchev–Trinajstić information content (AvgIpc) is 3.21. The predicted octanol–water partition coefficient (Wildman–Crippen LogP) is 3.69. The molecule has 1 atom stereocenters. The molecule has 26 heavy (non-hydrogen) atoms. The lowest BCUT2D eigenvalue weighted by Gasteiger charge is -2.15. The molecule has 0 saturated heterocycles. The molecule has 1 heterocycles. The summed E-state index contributed by atoms with van der Waals surface area (Å²) in [5.74, 6) is 0.579. The van der Waals surface area contributed by atoms with Crippen LogP contribution in [0.15, 0.2) is 67.3 Å². The Morgan fingerprint density at radius 1 is 1.23 bits per heavy atom. The molecule has 1 N–H and O–H groups in total. The lowest BCUT2D eigenvalue weighted by Crippen LogP contribution is -2.31. The molecule has 0 saturated carbocycles. The molecule has 0 aliphatic heterocycles. The van der Waals surface area contributed by atoms with E-state index in [9.17, 15) is 4.79 Å². The number of carbonyl (C=O) groups is 1. The summed E-state index contributed by atoms with van der Waals surface area (Å²) in [4.78, 5) is 16.2. The molecular weight excluding hydrogens is 326 g/mol. The molecule has 134 valence electrons. The van der Waals surface area contributed by atoms with Gasteiger partial charge in [-0.05, 0) is 48.7 Å². The van der Waals surface area contributed by atoms with E-state index in [4.69, 9.17) is 4.74 Å². The Morgan fingerprint density at radius 3 is 2.73 bits per heavy atom. The summed E-state index contributed by atoms with van der Waals surface area (Å²) >= 11 is 0. The number of amides is 1. The predicted molar refractivity (Wildman–Crippen MR) is 101 cm³/mol. The van der Waals surface area contributed by atoms with Gasteiger partial charge in [-0.1, -0.05) is 31.2 Å². The van der Waals surface area contributed by atoms with E-state index >= 15 is 0 Å². The maximum absolute atomic E-state index is 12.2. The first-order chi connectivity index (χ1) is 12.7. The zero-order chi connectivity index (χ0) is 18.4. The van der Waals surface area contributed by atoms with E-state index in [1.54, 1.807) is 12.5 Å². The van der Waals surface area contributed by atoms with Crippen molar-refractivity contribution in [2.75, 3.05) is 6.61 Å². The van der Waals surface area contributed by atoms with Gasteiger partial charge in [0.05, 0.1) is 12.4 Å². The minimum Gasteiger partial charge on any atom is -0.484 e. The van der Waals surface area contributed by atoms with Crippen molar-refractivity contribution < 1.29 is 9.53 Å². The standard InChI is InChI=1S/C21H23N3O2/c1-3-17-5-4-6-20(13-17)26-14-21(25)23-16(2)18-7-9-19(10-8-18)24-12-11-22-15-24/h4-13,15-16H,3,14H2,1-2H3,(H,23,25)/t16-/m1/s1. The summed E-state index contributed by atoms with van der Waals surface area (Å²) in [7, 11) is 0. The highest BCUT2D eigenvalue weighted by Crippen LogP contribution is 2.16. The summed E-state index contributed by atoms with van der Waals surface area (Å²) in [6.45, 7) is 4.05. The molecule has 2 aromatic carbocycles. The molecule has 0 radical (unpaired) electrons. The first-order valence-corrected chi connectivity index (χ1v) is 8.75. The third-order valence-electron chi connectivity index (χ3n) is 4.25. The number of nitrogens with one attached hydrogen (secondary N) is 1. The molecule has 0 bridgehead atoms. The minimum atomic E-state index is -0.141. The van der Waals surface area contributed by atoms with Gasteiger partial charge in [-0.2, -0.15) is 0 Å². The first kappa shape index (κ1) is 17.7. The van der Waals surface area contributed by atoms with Crippen molar-refractivity contribution >= 4 is 5.91 Å². The van der Waals surface area contributed by atoms with Gasteiger partial charge in [0.1, 0.15) is 5.75 Å². The van der Waals surface area contributed by atoms with Crippen LogP contribution in [-0.4, -0.2) is 22.1 Å². The lowest BCUT2D eigenvalue weighted by atomic mass is 10.1. The van der Waals surface area contributed by atoms with Gasteiger partial charge in [-0.3, -0.25) is 4.79 Å². The maximum Gasteiger partial charge on any atom is 0.258 e. The number of rotatable bonds is 7. The highest BCUT2D eigenvalue weighted by molar-refractivity contribution is 5.78. The molecular formula is C21H23N3O2. The topological polar surface area (TPSA) is 56.1 Å². The van der Waals surface area contributed by atoms with E-state index in [2.05, 4.69) is 17.2 Å². The van der Waals surface area contributed by atoms with Gasteiger partial charge in [-0.25, -0.2) is 4.98 Å². The Balaban J connectivity index is 1.53. The fraction of sp³-hybridized carbons (Fsp3) is 0.238. The van der Waals surface area contributed by atoms with E-state index in [1.165, 1.54) is 5.56 Å². The van der Waals surface area contributed by atoms with Crippen LogP contribution in [0.1, 0.15) is 31.0 Å². The quantitative estimate of drug-likeness (QED) is 0.708. The second kappa shape index (κ2) is 8.34. The zero-order valence-electron chi connectivity index (χ0n) is 15.1. The molecule has 1 amide bonds. The SMILES string of the molecule is CCc1cccc(OCC(=O)N[C@H](C)c2ccc(-n3ccnc3)cc2)c1. The fourth-order valence-corrected chi connectivity index (χ4v) is 2.72. The Hall–Kier alpha value is -3.08. The number of hydrogen-bond donors (Lipinski definition) is 1. The van der Waals surface area contributed by atoms with Crippen LogP contribution in [0.25, 0.3) is 5.69 Å². The van der Waals surface area contributed by atoms with Gasteiger partial charge in [0.2, 0.25) is 0 Å². The number of aryl methyl sites for hydroxylation is 1. The van der Waals surface area contributed by atoms with Crippen LogP contribution in [0.5, 0.6) is 5.75 Å². The normalized spacial score (nSPS) is 11.8. The third kappa shape index (κ3) is 4.51. The van der Waals surface area contributed by atoms with Gasteiger partial charge < -0.3 is 14.6 Å². The van der Waals surface area contributed by atoms with Crippen LogP contribution < -0.4 is 10.1 Å². The highest BCUT2D eigenvalue weighted by Gasteiger charge is 2.10. The number of imidazole rings is 1. The number of benzene rings is 2. The number of ether oxygens (including phenoxy) is 1. The Kier molecular flexibility index (Phi) is 5.69. The van der Waals surface area contributed by atoms with Gasteiger partial charge in [0.25, 0.3) is 5.91 Å². The van der Waals surface area contributed by atoms with Gasteiger partial charge in [0.15, 0.2) is 6.61 Å². The van der Waals surface area contributed by atoms with Crippen LogP contribution in [0, 0.1) is 0 Å². The molecule has 0 spiro atoms. The molecule has 0 aliphatic carbocycles. The van der Waals surface area contributed by atoms with E-state index in [0.717, 1.165) is 23.4 Å². The molecule has 5 heteroatoms. The Labute approximate surface area is 153 Å². The molecule has 0 aliphatic rings. The van der Waals surface area contributed by atoms with Crippen molar-refractivity contribution in [2.45, 2.75) is 26.3 Å². The maximum atomic E-state index is 12.2. The van der Waals surface area contributed by atoms with Crippen molar-refractivity contribution in [3.63, 3.8) is 0 Å². The second-order valence-electron chi connectivity index (χ2n) is 6.14. The minimum absolute atomic E-state index is 0.00459. The molecule has 3 rings (SSSR count). The summed E-state index contributed by atoms with van der Waals surface area (Å²) in [5, 5.41) is 2.97. The van der Waals surface area contributed by atoms with Crippen LogP contribution in [0.2, 0.25) is 0 Å². The van der Waals surface area contributed by atoms with Crippen molar-refractivity contribution in [1.82, 2.24) is 14.9 Å². The van der Waals surface area contributed by atoms with E-state index in [-0.39, 0.29) is 18.6 Å². The van der Waals surface area contributed by atoms with Crippen LogP contribution in [0.4, 0.5) is 0 Å². The number of hydrogen-bond acceptors (Lipinski definition) is 3. The van der Waals surface area contributed by atoms with Crippen molar-refractivity contribution in [3.8, 4) is 11.4 Å². The fourth-order valence-electron chi connectivity index (χ4n) is 2.72. The van der Waals surface area contributed by atoms with E-state index < -0.39 is 0 Å². The van der Waals surface area contributed by atoms with Crippen molar-refractivity contribution in [3.05, 3.63) is 78.4 Å². The Bertz CT molecular complexity index is 842. The average molecular weight is 349 g/mol. The number of nitrogens with zero attached hydrogens (tertiary/aromatic N) is 2. The number of aromatic nitrogens is 2. The van der Waals surface area contributed by atoms with E-state index in [1.807, 2.05) is 66.2 Å². The number of carbonyl (C=O) groups excluding carboxylic acids is 1. The molecule has 0 fully saturated rings. The molecule has 1 aromatic heterocycles. The first-order valence-electron chi connectivity index (χ1n) is 8.75. The third-order valence-corrected chi connectivity index (χ3v) is 4.25. The van der Waals surface area contributed by atoms with Gasteiger partial charge >= 0.3 is 0 Å². The monoisotopic (exact) mass is 349 g/mol. The summed E-state index contributed by atoms with van der Waals surface area (Å²) < 4.78 is 7.53. The Morgan fingerprint density at radius 2 is 2.04 bits per heavy atom. The van der Waals surface area contributed by atoms with Gasteiger partial charge in [0, 0.05) is 18.1 Å². The summed E-state index contributed by atoms with van der Waals surface area (Å²) in [6.07, 6.45) is 6.33. The second-order valence-corrected chi connectivity index (χ2v) is 6.14. The van der Waals surface area contributed by atoms with Crippen LogP contribution in [-0.2, 0) is 11.2 Å². The molecule has 3 aromatic rings. The molecule has 0 unspecified atom stereocenters. The lowest BCUT2D eigenvalue weighted by molar-refractivity contribution is -0.123. The van der Waals surface area contributed by atoms with Crippen LogP contribution in [0.3, 0.4) is 0 Å². The highest BCUT2D eigenvalue weighted by atomic mass is 16.5. The summed E-state index contributed by atoms with van der Waals surface area (Å²) in [5.41, 5.74) is 3.26. The molecule has 5 nitrogen and oxygen atoms in total. The van der Waals surface area contributed by atoms with Crippen molar-refractivity contribution in [1.29, 1.82) is 0 Å². The largest absolute Gasteiger partial charge is 0.484 e. The zero-order valence-corrected chi connectivity index (χ0v) is 15.1. The van der Waals surface area contributed by atoms with Crippen molar-refractivity contribution in [2.24, 2.45) is 0 Å².